The number of amides is 1. The molecule has 0 saturated carbocycles. The van der Waals surface area contributed by atoms with Crippen molar-refractivity contribution in [1.82, 2.24) is 4.98 Å². The maximum atomic E-state index is 15.0. The molecule has 39 heavy (non-hydrogen) atoms. The van der Waals surface area contributed by atoms with Gasteiger partial charge in [0.05, 0.1) is 22.8 Å². The van der Waals surface area contributed by atoms with E-state index in [1.54, 1.807) is 53.7 Å². The van der Waals surface area contributed by atoms with Crippen molar-refractivity contribution in [3.8, 4) is 0 Å². The number of hydrogen-bond acceptors (Lipinski definition) is 5. The predicted octanol–water partition coefficient (Wildman–Crippen LogP) is 6.39. The zero-order chi connectivity index (χ0) is 27.7. The van der Waals surface area contributed by atoms with Crippen LogP contribution in [0.25, 0.3) is 0 Å². The summed E-state index contributed by atoms with van der Waals surface area (Å²) in [7, 11) is -3.59. The predicted molar refractivity (Wildman–Crippen MR) is 148 cm³/mol. The summed E-state index contributed by atoms with van der Waals surface area (Å²) in [5.41, 5.74) is 2.24. The average molecular weight is 585 g/mol. The molecule has 1 amide bonds. The van der Waals surface area contributed by atoms with Crippen molar-refractivity contribution >= 4 is 44.6 Å². The van der Waals surface area contributed by atoms with Gasteiger partial charge in [0.1, 0.15) is 18.0 Å². The highest BCUT2D eigenvalue weighted by atomic mass is 35.5. The van der Waals surface area contributed by atoms with Crippen LogP contribution in [0, 0.1) is 5.82 Å². The van der Waals surface area contributed by atoms with Crippen molar-refractivity contribution in [2.45, 2.75) is 29.6 Å². The highest BCUT2D eigenvalue weighted by Crippen LogP contribution is 2.45. The number of carbonyl (C=O) groups is 1. The molecule has 0 radical (unpaired) electrons. The van der Waals surface area contributed by atoms with E-state index in [0.29, 0.717) is 15.7 Å². The van der Waals surface area contributed by atoms with Gasteiger partial charge in [0.15, 0.2) is 9.84 Å². The van der Waals surface area contributed by atoms with Crippen molar-refractivity contribution in [2.75, 3.05) is 11.2 Å². The zero-order valence-electron chi connectivity index (χ0n) is 20.7. The molecule has 1 unspecified atom stereocenters. The quantitative estimate of drug-likeness (QED) is 0.262. The third-order valence-corrected chi connectivity index (χ3v) is 8.20. The Kier molecular flexibility index (Phi) is 7.73. The van der Waals surface area contributed by atoms with Crippen LogP contribution in [-0.4, -0.2) is 31.7 Å². The number of sulfone groups is 1. The molecule has 0 aliphatic carbocycles. The molecule has 1 aromatic heterocycles. The van der Waals surface area contributed by atoms with Gasteiger partial charge in [-0.2, -0.15) is 0 Å². The fourth-order valence-electron chi connectivity index (χ4n) is 4.68. The highest BCUT2D eigenvalue weighted by Gasteiger charge is 2.45. The fraction of sp³-hybridized carbons (Fsp3) is 0.172. The minimum absolute atomic E-state index is 0.108. The lowest BCUT2D eigenvalue weighted by Crippen LogP contribution is -2.52. The van der Waals surface area contributed by atoms with Crippen LogP contribution in [0.15, 0.2) is 96.2 Å². The molecule has 1 saturated heterocycles. The molecule has 0 spiro atoms. The molecule has 1 aliphatic rings. The van der Waals surface area contributed by atoms with E-state index in [-0.39, 0.29) is 22.8 Å². The first kappa shape index (κ1) is 27.3. The first-order valence-corrected chi connectivity index (χ1v) is 14.6. The van der Waals surface area contributed by atoms with Gasteiger partial charge in [0, 0.05) is 28.9 Å². The lowest BCUT2D eigenvalue weighted by molar-refractivity contribution is -0.145. The Morgan fingerprint density at radius 3 is 2.15 bits per heavy atom. The Hall–Kier alpha value is -3.30. The number of pyridine rings is 1. The molecular weight excluding hydrogens is 562 g/mol. The van der Waals surface area contributed by atoms with Crippen LogP contribution in [0.4, 0.5) is 10.1 Å². The first-order valence-electron chi connectivity index (χ1n) is 12.0. The number of aromatic nitrogens is 1. The third-order valence-electron chi connectivity index (χ3n) is 6.58. The van der Waals surface area contributed by atoms with Gasteiger partial charge in [-0.1, -0.05) is 53.5 Å². The van der Waals surface area contributed by atoms with Crippen LogP contribution in [0.1, 0.15) is 28.8 Å². The fourth-order valence-corrected chi connectivity index (χ4v) is 5.56. The minimum Gasteiger partial charge on any atom is -0.358 e. The monoisotopic (exact) mass is 584 g/mol. The van der Waals surface area contributed by atoms with Gasteiger partial charge < -0.3 is 4.74 Å². The van der Waals surface area contributed by atoms with Gasteiger partial charge in [-0.3, -0.25) is 14.7 Å². The average Bonchev–Trinajstić information content (AvgIpc) is 2.91. The second-order valence-corrected chi connectivity index (χ2v) is 12.1. The lowest BCUT2D eigenvalue weighted by atomic mass is 9.90. The van der Waals surface area contributed by atoms with Gasteiger partial charge in [-0.25, -0.2) is 12.8 Å². The van der Waals surface area contributed by atoms with Gasteiger partial charge in [-0.15, -0.1) is 0 Å². The molecule has 1 aliphatic heterocycles. The van der Waals surface area contributed by atoms with Crippen LogP contribution in [-0.2, 0) is 25.8 Å². The number of rotatable bonds is 6. The summed E-state index contributed by atoms with van der Waals surface area (Å²) < 4.78 is 45.3. The normalized spacial score (nSPS) is 19.7. The molecule has 5 rings (SSSR count). The van der Waals surface area contributed by atoms with E-state index in [1.165, 1.54) is 12.1 Å². The van der Waals surface area contributed by atoms with Crippen LogP contribution in [0.2, 0.25) is 10.0 Å². The maximum Gasteiger partial charge on any atom is 0.257 e. The summed E-state index contributed by atoms with van der Waals surface area (Å²) in [5.74, 6) is -1.12. The molecule has 6 nitrogen and oxygen atoms in total. The SMILES string of the molecule is CS(=O)(=O)c1ccc(CC2O[C@H](c3ccc(Cl)cc3)[C@H](c3ccc(Cl)cc3)N(c3cccnc3)C2=O)c(F)c1. The van der Waals surface area contributed by atoms with Gasteiger partial charge in [0.2, 0.25) is 0 Å². The number of hydrogen-bond donors (Lipinski definition) is 0. The number of halogens is 3. The molecule has 0 N–H and O–H groups in total. The number of ether oxygens (including phenoxy) is 1. The van der Waals surface area contributed by atoms with Gasteiger partial charge >= 0.3 is 0 Å². The molecule has 2 heterocycles. The van der Waals surface area contributed by atoms with Crippen molar-refractivity contribution in [3.05, 3.63) is 124 Å². The number of anilines is 1. The van der Waals surface area contributed by atoms with E-state index in [1.807, 2.05) is 24.3 Å². The van der Waals surface area contributed by atoms with Crippen LogP contribution in [0.3, 0.4) is 0 Å². The van der Waals surface area contributed by atoms with E-state index < -0.39 is 33.9 Å². The molecular formula is C29H23Cl2FN2O4S. The zero-order valence-corrected chi connectivity index (χ0v) is 23.0. The summed E-state index contributed by atoms with van der Waals surface area (Å²) in [6, 6.07) is 20.8. The van der Waals surface area contributed by atoms with Crippen LogP contribution < -0.4 is 4.90 Å². The van der Waals surface area contributed by atoms with Crippen molar-refractivity contribution in [1.29, 1.82) is 0 Å². The van der Waals surface area contributed by atoms with Crippen molar-refractivity contribution in [3.63, 3.8) is 0 Å². The molecule has 4 aromatic rings. The van der Waals surface area contributed by atoms with E-state index in [2.05, 4.69) is 4.98 Å². The van der Waals surface area contributed by atoms with Crippen LogP contribution >= 0.6 is 23.2 Å². The smallest absolute Gasteiger partial charge is 0.257 e. The molecule has 1 fully saturated rings. The Labute approximate surface area is 235 Å². The Morgan fingerprint density at radius 1 is 0.949 bits per heavy atom. The van der Waals surface area contributed by atoms with Gasteiger partial charge in [-0.05, 0) is 65.2 Å². The largest absolute Gasteiger partial charge is 0.358 e. The highest BCUT2D eigenvalue weighted by molar-refractivity contribution is 7.90. The van der Waals surface area contributed by atoms with E-state index in [0.717, 1.165) is 23.4 Å². The van der Waals surface area contributed by atoms with Crippen molar-refractivity contribution in [2.24, 2.45) is 0 Å². The van der Waals surface area contributed by atoms with E-state index in [4.69, 9.17) is 27.9 Å². The minimum atomic E-state index is -3.59. The molecule has 0 bridgehead atoms. The maximum absolute atomic E-state index is 15.0. The summed E-state index contributed by atoms with van der Waals surface area (Å²) in [6.07, 6.45) is 2.36. The number of benzene rings is 3. The first-order chi connectivity index (χ1) is 18.6. The van der Waals surface area contributed by atoms with Gasteiger partial charge in [0.25, 0.3) is 5.91 Å². The summed E-state index contributed by atoms with van der Waals surface area (Å²) in [6.45, 7) is 0. The third kappa shape index (κ3) is 5.84. The second-order valence-electron chi connectivity index (χ2n) is 9.24. The molecule has 10 heteroatoms. The summed E-state index contributed by atoms with van der Waals surface area (Å²) in [5, 5.41) is 1.09. The number of carbonyl (C=O) groups excluding carboxylic acids is 1. The Morgan fingerprint density at radius 2 is 1.59 bits per heavy atom. The molecule has 200 valence electrons. The van der Waals surface area contributed by atoms with Crippen molar-refractivity contribution < 1.29 is 22.3 Å². The number of morpholine rings is 1. The molecule has 3 atom stereocenters. The van der Waals surface area contributed by atoms with E-state index in [9.17, 15) is 13.2 Å². The van der Waals surface area contributed by atoms with Crippen LogP contribution in [0.5, 0.6) is 0 Å². The Balaban J connectivity index is 1.62. The standard InChI is InChI=1S/C29H23Cl2FN2O4S/c1-39(36,37)24-13-8-20(25(32)16-24)15-26-29(35)34(23-3-2-14-33-17-23)27(18-4-9-21(30)10-5-18)28(38-26)19-6-11-22(31)12-7-19/h2-14,16-17,26-28H,15H2,1H3/t26?,27-,28+/m0/s1. The summed E-state index contributed by atoms with van der Waals surface area (Å²) >= 11 is 12.3. The second kappa shape index (κ2) is 11.1. The summed E-state index contributed by atoms with van der Waals surface area (Å²) in [4.78, 5) is 19.7. The number of nitrogens with zero attached hydrogens (tertiary/aromatic N) is 2. The Bertz CT molecular complexity index is 1600. The molecule has 3 aromatic carbocycles. The lowest BCUT2D eigenvalue weighted by Gasteiger charge is -2.44. The topological polar surface area (TPSA) is 76.6 Å². The van der Waals surface area contributed by atoms with E-state index >= 15 is 4.39 Å².